The van der Waals surface area contributed by atoms with Gasteiger partial charge in [0, 0.05) is 44.7 Å². The van der Waals surface area contributed by atoms with E-state index < -0.39 is 0 Å². The number of nitrogens with zero attached hydrogens (tertiary/aromatic N) is 3. The molecule has 2 fully saturated rings. The Balaban J connectivity index is 1.50. The molecule has 0 aliphatic carbocycles. The molecular weight excluding hydrogens is 230 g/mol. The Labute approximate surface area is 107 Å². The Morgan fingerprint density at radius 1 is 1.33 bits per heavy atom. The van der Waals surface area contributed by atoms with Crippen molar-refractivity contribution in [3.8, 4) is 0 Å². The zero-order chi connectivity index (χ0) is 12.4. The van der Waals surface area contributed by atoms with Crippen LogP contribution in [0.4, 0.5) is 0 Å². The van der Waals surface area contributed by atoms with Gasteiger partial charge in [-0.1, -0.05) is 5.16 Å². The number of aromatic nitrogens is 1. The minimum absolute atomic E-state index is 0.352. The lowest BCUT2D eigenvalue weighted by atomic mass is 10.0. The maximum absolute atomic E-state index is 11.7. The van der Waals surface area contributed by atoms with Crippen LogP contribution in [-0.2, 0) is 11.3 Å². The summed E-state index contributed by atoms with van der Waals surface area (Å²) < 4.78 is 4.84. The molecule has 2 aliphatic heterocycles. The van der Waals surface area contributed by atoms with E-state index in [0.717, 1.165) is 57.6 Å². The van der Waals surface area contributed by atoms with Gasteiger partial charge in [-0.2, -0.15) is 0 Å². The lowest BCUT2D eigenvalue weighted by Crippen LogP contribution is -2.45. The lowest BCUT2D eigenvalue weighted by Gasteiger charge is -2.36. The number of hydrogen-bond acceptors (Lipinski definition) is 4. The molecule has 1 aromatic rings. The van der Waals surface area contributed by atoms with Crippen molar-refractivity contribution in [2.75, 3.05) is 19.6 Å². The van der Waals surface area contributed by atoms with E-state index >= 15 is 0 Å². The highest BCUT2D eigenvalue weighted by Gasteiger charge is 2.30. The molecule has 98 valence electrons. The van der Waals surface area contributed by atoms with E-state index in [1.54, 1.807) is 6.26 Å². The first-order valence-corrected chi connectivity index (χ1v) is 6.74. The molecule has 0 unspecified atom stereocenters. The summed E-state index contributed by atoms with van der Waals surface area (Å²) in [6, 6.07) is 2.38. The van der Waals surface area contributed by atoms with Crippen molar-refractivity contribution < 1.29 is 9.32 Å². The largest absolute Gasteiger partial charge is 0.364 e. The predicted molar refractivity (Wildman–Crippen MR) is 65.7 cm³/mol. The molecule has 1 amide bonds. The Hall–Kier alpha value is -1.36. The van der Waals surface area contributed by atoms with Gasteiger partial charge in [-0.15, -0.1) is 0 Å². The van der Waals surface area contributed by atoms with Crippen LogP contribution in [0.15, 0.2) is 16.9 Å². The molecule has 2 aliphatic rings. The summed E-state index contributed by atoms with van der Waals surface area (Å²) in [5.41, 5.74) is 0.991. The summed E-state index contributed by atoms with van der Waals surface area (Å²) >= 11 is 0. The Morgan fingerprint density at radius 2 is 2.17 bits per heavy atom. The average Bonchev–Trinajstić information content (AvgIpc) is 3.02. The molecule has 0 atom stereocenters. The van der Waals surface area contributed by atoms with E-state index in [0.29, 0.717) is 11.9 Å². The normalized spacial score (nSPS) is 22.9. The lowest BCUT2D eigenvalue weighted by molar-refractivity contribution is -0.130. The smallest absolute Gasteiger partial charge is 0.222 e. The zero-order valence-corrected chi connectivity index (χ0v) is 10.5. The molecular formula is C13H19N3O2. The van der Waals surface area contributed by atoms with Gasteiger partial charge in [0.25, 0.3) is 0 Å². The van der Waals surface area contributed by atoms with Gasteiger partial charge < -0.3 is 9.42 Å². The van der Waals surface area contributed by atoms with Gasteiger partial charge in [-0.25, -0.2) is 0 Å². The van der Waals surface area contributed by atoms with Crippen LogP contribution >= 0.6 is 0 Å². The maximum atomic E-state index is 11.7. The van der Waals surface area contributed by atoms with Crippen molar-refractivity contribution >= 4 is 5.91 Å². The van der Waals surface area contributed by atoms with Gasteiger partial charge in [0.15, 0.2) is 0 Å². The van der Waals surface area contributed by atoms with Crippen LogP contribution in [0.2, 0.25) is 0 Å². The Morgan fingerprint density at radius 3 is 2.78 bits per heavy atom. The van der Waals surface area contributed by atoms with E-state index in [9.17, 15) is 4.79 Å². The van der Waals surface area contributed by atoms with E-state index in [1.165, 1.54) is 0 Å². The number of likely N-dealkylation sites (tertiary alicyclic amines) is 2. The summed E-state index contributed by atoms with van der Waals surface area (Å²) in [4.78, 5) is 16.2. The first-order chi connectivity index (χ1) is 8.83. The fourth-order valence-electron chi connectivity index (χ4n) is 2.99. The number of piperidine rings is 1. The Kier molecular flexibility index (Phi) is 3.32. The highest BCUT2D eigenvalue weighted by atomic mass is 16.5. The minimum atomic E-state index is 0.352. The second-order valence-electron chi connectivity index (χ2n) is 5.19. The van der Waals surface area contributed by atoms with Gasteiger partial charge in [0.05, 0.1) is 5.69 Å². The number of hydrogen-bond donors (Lipinski definition) is 0. The Bertz CT molecular complexity index is 396. The van der Waals surface area contributed by atoms with Crippen LogP contribution in [0.3, 0.4) is 0 Å². The zero-order valence-electron chi connectivity index (χ0n) is 10.5. The van der Waals surface area contributed by atoms with Gasteiger partial charge >= 0.3 is 0 Å². The van der Waals surface area contributed by atoms with Crippen molar-refractivity contribution in [2.45, 2.75) is 38.3 Å². The average molecular weight is 249 g/mol. The number of carbonyl (C=O) groups is 1. The third kappa shape index (κ3) is 2.41. The molecule has 0 spiro atoms. The molecule has 0 saturated carbocycles. The first-order valence-electron chi connectivity index (χ1n) is 6.74. The van der Waals surface area contributed by atoms with Gasteiger partial charge in [-0.05, 0) is 19.3 Å². The standard InChI is InChI=1S/C13H19N3O2/c17-13-2-1-6-16(13)12-3-7-15(8-4-12)10-11-5-9-18-14-11/h5,9,12H,1-4,6-8,10H2. The molecule has 18 heavy (non-hydrogen) atoms. The van der Waals surface area contributed by atoms with E-state index in [-0.39, 0.29) is 0 Å². The second kappa shape index (κ2) is 5.10. The van der Waals surface area contributed by atoms with Crippen molar-refractivity contribution in [3.05, 3.63) is 18.0 Å². The molecule has 3 rings (SSSR count). The summed E-state index contributed by atoms with van der Waals surface area (Å²) in [6.45, 7) is 3.91. The van der Waals surface area contributed by atoms with Crippen molar-refractivity contribution in [2.24, 2.45) is 0 Å². The van der Waals surface area contributed by atoms with Crippen LogP contribution in [0.1, 0.15) is 31.4 Å². The fraction of sp³-hybridized carbons (Fsp3) is 0.692. The molecule has 0 N–H and O–H groups in total. The fourth-order valence-corrected chi connectivity index (χ4v) is 2.99. The van der Waals surface area contributed by atoms with E-state index in [2.05, 4.69) is 15.0 Å². The van der Waals surface area contributed by atoms with E-state index in [1.807, 2.05) is 6.07 Å². The topological polar surface area (TPSA) is 49.6 Å². The third-order valence-corrected chi connectivity index (χ3v) is 3.98. The first kappa shape index (κ1) is 11.7. The van der Waals surface area contributed by atoms with Crippen molar-refractivity contribution in [1.82, 2.24) is 15.0 Å². The summed E-state index contributed by atoms with van der Waals surface area (Å²) in [6.07, 6.45) is 5.58. The molecule has 3 heterocycles. The number of amides is 1. The van der Waals surface area contributed by atoms with Gasteiger partial charge in [-0.3, -0.25) is 9.69 Å². The molecule has 1 aromatic heterocycles. The van der Waals surface area contributed by atoms with Crippen molar-refractivity contribution in [3.63, 3.8) is 0 Å². The minimum Gasteiger partial charge on any atom is -0.364 e. The van der Waals surface area contributed by atoms with Crippen LogP contribution in [0.25, 0.3) is 0 Å². The second-order valence-corrected chi connectivity index (χ2v) is 5.19. The third-order valence-electron chi connectivity index (χ3n) is 3.98. The van der Waals surface area contributed by atoms with E-state index in [4.69, 9.17) is 4.52 Å². The molecule has 5 nitrogen and oxygen atoms in total. The van der Waals surface area contributed by atoms with Crippen LogP contribution in [0, 0.1) is 0 Å². The van der Waals surface area contributed by atoms with Gasteiger partial charge in [0.1, 0.15) is 6.26 Å². The summed E-state index contributed by atoms with van der Waals surface area (Å²) in [7, 11) is 0. The molecule has 5 heteroatoms. The molecule has 0 aromatic carbocycles. The predicted octanol–water partition coefficient (Wildman–Crippen LogP) is 1.26. The summed E-state index contributed by atoms with van der Waals surface area (Å²) in [5, 5.41) is 3.94. The van der Waals surface area contributed by atoms with Crippen LogP contribution < -0.4 is 0 Å². The van der Waals surface area contributed by atoms with Crippen LogP contribution in [0.5, 0.6) is 0 Å². The quantitative estimate of drug-likeness (QED) is 0.809. The highest BCUT2D eigenvalue weighted by Crippen LogP contribution is 2.22. The van der Waals surface area contributed by atoms with Crippen LogP contribution in [-0.4, -0.2) is 46.5 Å². The maximum Gasteiger partial charge on any atom is 0.222 e. The SMILES string of the molecule is O=C1CCCN1C1CCN(Cc2ccon2)CC1. The summed E-state index contributed by atoms with van der Waals surface area (Å²) in [5.74, 6) is 0.352. The number of carbonyl (C=O) groups excluding carboxylic acids is 1. The number of rotatable bonds is 3. The molecule has 2 saturated heterocycles. The van der Waals surface area contributed by atoms with Gasteiger partial charge in [0.2, 0.25) is 5.91 Å². The highest BCUT2D eigenvalue weighted by molar-refractivity contribution is 5.78. The molecule has 0 bridgehead atoms. The monoisotopic (exact) mass is 249 g/mol. The van der Waals surface area contributed by atoms with Crippen molar-refractivity contribution in [1.29, 1.82) is 0 Å². The molecule has 0 radical (unpaired) electrons.